The number of aliphatic hydroxyl groups excluding tert-OH is 1. The Morgan fingerprint density at radius 2 is 1.67 bits per heavy atom. The summed E-state index contributed by atoms with van der Waals surface area (Å²) in [5, 5.41) is 8.60. The lowest BCUT2D eigenvalue weighted by atomic mass is 10.5. The molecular weight excluding hydrogens is 215 g/mol. The molecule has 0 rings (SSSR count). The lowest BCUT2D eigenvalue weighted by Gasteiger charge is -2.19. The first-order valence-electron chi connectivity index (χ1n) is 5.14. The summed E-state index contributed by atoms with van der Waals surface area (Å²) in [6.45, 7) is 7.23. The summed E-state index contributed by atoms with van der Waals surface area (Å²) >= 11 is 0. The molecule has 0 saturated carbocycles. The van der Waals surface area contributed by atoms with Gasteiger partial charge in [0.05, 0.1) is 12.2 Å². The van der Waals surface area contributed by atoms with E-state index in [1.54, 1.807) is 33.8 Å². The maximum Gasteiger partial charge on any atom is 0.354 e. The minimum Gasteiger partial charge on any atom is -0.396 e. The van der Waals surface area contributed by atoms with Gasteiger partial charge in [0.25, 0.3) is 0 Å². The Bertz CT molecular complexity index is 222. The van der Waals surface area contributed by atoms with Gasteiger partial charge in [-0.15, -0.1) is 0 Å². The van der Waals surface area contributed by atoms with Gasteiger partial charge in [0.1, 0.15) is 0 Å². The standard InChI is InChI=1S/C10H21O4P/c1-9(2)13-15(12,14-10(3)4)8-6-5-7-11/h6,8-11H,5,7H2,1-4H3/b8-6+. The van der Waals surface area contributed by atoms with Gasteiger partial charge >= 0.3 is 7.60 Å². The van der Waals surface area contributed by atoms with Crippen LogP contribution in [0.1, 0.15) is 34.1 Å². The van der Waals surface area contributed by atoms with Crippen molar-refractivity contribution in [3.05, 3.63) is 11.9 Å². The van der Waals surface area contributed by atoms with E-state index in [-0.39, 0.29) is 18.8 Å². The van der Waals surface area contributed by atoms with Crippen molar-refractivity contribution < 1.29 is 18.7 Å². The molecule has 0 aliphatic heterocycles. The molecule has 0 saturated heterocycles. The first-order valence-corrected chi connectivity index (χ1v) is 6.76. The molecule has 0 aromatic rings. The van der Waals surface area contributed by atoms with Crippen LogP contribution in [-0.2, 0) is 13.6 Å². The first kappa shape index (κ1) is 14.8. The second-order valence-corrected chi connectivity index (χ2v) is 5.54. The first-order chi connectivity index (χ1) is 6.89. The predicted octanol–water partition coefficient (Wildman–Crippen LogP) is 2.93. The van der Waals surface area contributed by atoms with Crippen molar-refractivity contribution in [2.24, 2.45) is 0 Å². The average molecular weight is 236 g/mol. The summed E-state index contributed by atoms with van der Waals surface area (Å²) in [5.41, 5.74) is 0. The molecule has 0 heterocycles. The smallest absolute Gasteiger partial charge is 0.354 e. The summed E-state index contributed by atoms with van der Waals surface area (Å²) in [4.78, 5) is 0. The molecule has 0 aliphatic rings. The van der Waals surface area contributed by atoms with Crippen LogP contribution in [0.5, 0.6) is 0 Å². The maximum absolute atomic E-state index is 12.1. The van der Waals surface area contributed by atoms with E-state index >= 15 is 0 Å². The zero-order valence-electron chi connectivity index (χ0n) is 9.84. The van der Waals surface area contributed by atoms with Crippen LogP contribution in [-0.4, -0.2) is 23.9 Å². The van der Waals surface area contributed by atoms with Crippen molar-refractivity contribution in [1.82, 2.24) is 0 Å². The molecule has 0 amide bonds. The second-order valence-electron chi connectivity index (χ2n) is 3.75. The molecule has 0 unspecified atom stereocenters. The van der Waals surface area contributed by atoms with Crippen LogP contribution in [0.2, 0.25) is 0 Å². The summed E-state index contributed by atoms with van der Waals surface area (Å²) in [7, 11) is -3.15. The van der Waals surface area contributed by atoms with Crippen molar-refractivity contribution in [2.75, 3.05) is 6.61 Å². The monoisotopic (exact) mass is 236 g/mol. The summed E-state index contributed by atoms with van der Waals surface area (Å²) in [6, 6.07) is 0. The number of rotatable bonds is 7. The molecular formula is C10H21O4P. The van der Waals surface area contributed by atoms with Crippen LogP contribution in [0.25, 0.3) is 0 Å². The molecule has 0 aromatic carbocycles. The van der Waals surface area contributed by atoms with Crippen LogP contribution >= 0.6 is 7.60 Å². The molecule has 0 aliphatic carbocycles. The fourth-order valence-corrected chi connectivity index (χ4v) is 2.73. The van der Waals surface area contributed by atoms with Crippen LogP contribution in [0.4, 0.5) is 0 Å². The summed E-state index contributed by atoms with van der Waals surface area (Å²) < 4.78 is 22.6. The van der Waals surface area contributed by atoms with Gasteiger partial charge in [0.2, 0.25) is 0 Å². The third-order valence-electron chi connectivity index (χ3n) is 1.30. The molecule has 0 aromatic heterocycles. The van der Waals surface area contributed by atoms with Gasteiger partial charge in [-0.3, -0.25) is 4.57 Å². The van der Waals surface area contributed by atoms with Gasteiger partial charge in [-0.25, -0.2) is 0 Å². The van der Waals surface area contributed by atoms with Crippen LogP contribution < -0.4 is 0 Å². The SMILES string of the molecule is CC(C)OP(=O)(/C=C/CCO)OC(C)C. The molecule has 0 radical (unpaired) electrons. The van der Waals surface area contributed by atoms with Crippen molar-refractivity contribution in [3.63, 3.8) is 0 Å². The van der Waals surface area contributed by atoms with Gasteiger partial charge in [-0.1, -0.05) is 6.08 Å². The molecule has 5 heteroatoms. The second kappa shape index (κ2) is 7.18. The van der Waals surface area contributed by atoms with E-state index in [9.17, 15) is 4.57 Å². The highest BCUT2D eigenvalue weighted by Crippen LogP contribution is 2.51. The summed E-state index contributed by atoms with van der Waals surface area (Å²) in [5.74, 6) is 1.42. The number of aliphatic hydroxyl groups is 1. The molecule has 0 fully saturated rings. The van der Waals surface area contributed by atoms with E-state index in [0.717, 1.165) is 0 Å². The fourth-order valence-electron chi connectivity index (χ4n) is 0.961. The average Bonchev–Trinajstić information content (AvgIpc) is 2.00. The van der Waals surface area contributed by atoms with Gasteiger partial charge in [-0.2, -0.15) is 0 Å². The highest BCUT2D eigenvalue weighted by molar-refractivity contribution is 7.57. The Morgan fingerprint density at radius 1 is 1.20 bits per heavy atom. The predicted molar refractivity (Wildman–Crippen MR) is 60.9 cm³/mol. The van der Waals surface area contributed by atoms with Gasteiger partial charge in [0.15, 0.2) is 0 Å². The molecule has 0 atom stereocenters. The Hall–Kier alpha value is -0.150. The largest absolute Gasteiger partial charge is 0.396 e. The lowest BCUT2D eigenvalue weighted by molar-refractivity contribution is 0.149. The Labute approximate surface area is 91.8 Å². The molecule has 1 N–H and O–H groups in total. The topological polar surface area (TPSA) is 55.8 Å². The molecule has 15 heavy (non-hydrogen) atoms. The van der Waals surface area contributed by atoms with Crippen molar-refractivity contribution in [1.29, 1.82) is 0 Å². The van der Waals surface area contributed by atoms with Crippen LogP contribution in [0.15, 0.2) is 11.9 Å². The number of hydrogen-bond donors (Lipinski definition) is 1. The van der Waals surface area contributed by atoms with Crippen LogP contribution in [0.3, 0.4) is 0 Å². The van der Waals surface area contributed by atoms with E-state index in [2.05, 4.69) is 0 Å². The highest BCUT2D eigenvalue weighted by atomic mass is 31.2. The van der Waals surface area contributed by atoms with E-state index in [0.29, 0.717) is 6.42 Å². The van der Waals surface area contributed by atoms with E-state index in [1.807, 2.05) is 0 Å². The Morgan fingerprint density at radius 3 is 2.00 bits per heavy atom. The van der Waals surface area contributed by atoms with Gasteiger partial charge in [-0.05, 0) is 34.1 Å². The van der Waals surface area contributed by atoms with E-state index in [1.165, 1.54) is 5.82 Å². The normalized spacial score (nSPS) is 13.3. The zero-order chi connectivity index (χ0) is 11.9. The minimum absolute atomic E-state index is 0.0276. The Kier molecular flexibility index (Phi) is 7.11. The third-order valence-corrected chi connectivity index (χ3v) is 3.31. The highest BCUT2D eigenvalue weighted by Gasteiger charge is 2.23. The van der Waals surface area contributed by atoms with Gasteiger partial charge in [0, 0.05) is 12.4 Å². The molecule has 0 spiro atoms. The lowest BCUT2D eigenvalue weighted by Crippen LogP contribution is -2.06. The quantitative estimate of drug-likeness (QED) is 0.690. The fraction of sp³-hybridized carbons (Fsp3) is 0.800. The molecule has 90 valence electrons. The van der Waals surface area contributed by atoms with E-state index < -0.39 is 7.60 Å². The molecule has 0 bridgehead atoms. The number of hydrogen-bond acceptors (Lipinski definition) is 4. The maximum atomic E-state index is 12.1. The third kappa shape index (κ3) is 7.74. The van der Waals surface area contributed by atoms with Gasteiger partial charge < -0.3 is 14.2 Å². The van der Waals surface area contributed by atoms with E-state index in [4.69, 9.17) is 14.2 Å². The van der Waals surface area contributed by atoms with Crippen LogP contribution in [0, 0.1) is 0 Å². The molecule has 4 nitrogen and oxygen atoms in total. The van der Waals surface area contributed by atoms with Crippen molar-refractivity contribution in [2.45, 2.75) is 46.3 Å². The Balaban J connectivity index is 4.47. The van der Waals surface area contributed by atoms with Crippen molar-refractivity contribution >= 4 is 7.60 Å². The zero-order valence-corrected chi connectivity index (χ0v) is 10.7. The summed E-state index contributed by atoms with van der Waals surface area (Å²) in [6.07, 6.45) is 1.75. The minimum atomic E-state index is -3.15. The van der Waals surface area contributed by atoms with Crippen molar-refractivity contribution in [3.8, 4) is 0 Å².